The smallest absolute Gasteiger partial charge is 0.274 e. The zero-order chi connectivity index (χ0) is 18.8. The van der Waals surface area contributed by atoms with Crippen molar-refractivity contribution >= 4 is 22.4 Å². The number of rotatable bonds is 5. The zero-order valence-electron chi connectivity index (χ0n) is 15.6. The normalized spacial score (nSPS) is 17.6. The van der Waals surface area contributed by atoms with Gasteiger partial charge in [-0.05, 0) is 56.6 Å². The number of hydrogen-bond donors (Lipinski definition) is 0. The van der Waals surface area contributed by atoms with E-state index in [2.05, 4.69) is 11.9 Å². The molecule has 2 aromatic carbocycles. The van der Waals surface area contributed by atoms with Crippen molar-refractivity contribution in [2.24, 2.45) is 0 Å². The maximum Gasteiger partial charge on any atom is 0.274 e. The molecule has 1 aliphatic heterocycles. The van der Waals surface area contributed by atoms with Gasteiger partial charge in [0.15, 0.2) is 0 Å². The molecule has 0 N–H and O–H groups in total. The Morgan fingerprint density at radius 3 is 2.56 bits per heavy atom. The van der Waals surface area contributed by atoms with E-state index in [0.717, 1.165) is 40.0 Å². The van der Waals surface area contributed by atoms with E-state index in [1.807, 2.05) is 48.5 Å². The first-order valence-electron chi connectivity index (χ1n) is 9.55. The summed E-state index contributed by atoms with van der Waals surface area (Å²) in [6.45, 7) is 1.80. The highest BCUT2D eigenvalue weighted by Gasteiger charge is 2.21. The lowest BCUT2D eigenvalue weighted by Gasteiger charge is -2.19. The van der Waals surface area contributed by atoms with Crippen LogP contribution >= 0.6 is 11.6 Å². The fourth-order valence-electron chi connectivity index (χ4n) is 4.00. The minimum absolute atomic E-state index is 0.00565. The van der Waals surface area contributed by atoms with Crippen molar-refractivity contribution in [1.82, 2.24) is 14.7 Å². The highest BCUT2D eigenvalue weighted by atomic mass is 35.5. The lowest BCUT2D eigenvalue weighted by Crippen LogP contribution is -2.30. The topological polar surface area (TPSA) is 38.1 Å². The molecule has 0 amide bonds. The molecule has 4 rings (SSSR count). The van der Waals surface area contributed by atoms with Crippen molar-refractivity contribution in [3.8, 4) is 0 Å². The molecule has 5 heteroatoms. The Morgan fingerprint density at radius 2 is 1.85 bits per heavy atom. The van der Waals surface area contributed by atoms with Crippen LogP contribution in [0.2, 0.25) is 5.02 Å². The molecule has 1 aromatic heterocycles. The Labute approximate surface area is 164 Å². The molecule has 3 aromatic rings. The second-order valence-corrected chi connectivity index (χ2v) is 7.83. The molecule has 0 saturated carbocycles. The molecule has 0 spiro atoms. The van der Waals surface area contributed by atoms with Crippen LogP contribution in [0.3, 0.4) is 0 Å². The van der Waals surface area contributed by atoms with Crippen molar-refractivity contribution < 1.29 is 0 Å². The summed E-state index contributed by atoms with van der Waals surface area (Å²) in [5.41, 5.74) is 2.08. The van der Waals surface area contributed by atoms with Gasteiger partial charge in [0.1, 0.15) is 0 Å². The van der Waals surface area contributed by atoms with E-state index < -0.39 is 0 Å². The van der Waals surface area contributed by atoms with Crippen molar-refractivity contribution in [3.05, 3.63) is 75.2 Å². The van der Waals surface area contributed by atoms with Crippen molar-refractivity contribution in [2.75, 3.05) is 13.6 Å². The number of aryl methyl sites for hydroxylation is 1. The first-order chi connectivity index (χ1) is 13.1. The standard InChI is InChI=1S/C22H24ClN3O/c1-25-13-4-5-18(25)12-14-26-22(27)20-7-3-2-6-19(20)21(24-26)15-16-8-10-17(23)11-9-16/h2-3,6-11,18H,4-5,12-15H2,1H3/t18-/m0/s1. The molecule has 0 unspecified atom stereocenters. The van der Waals surface area contributed by atoms with Gasteiger partial charge in [-0.3, -0.25) is 4.79 Å². The molecule has 1 saturated heterocycles. The maximum atomic E-state index is 12.9. The van der Waals surface area contributed by atoms with E-state index in [4.69, 9.17) is 16.7 Å². The van der Waals surface area contributed by atoms with Crippen molar-refractivity contribution in [2.45, 2.75) is 38.3 Å². The minimum atomic E-state index is 0.00565. The lowest BCUT2D eigenvalue weighted by molar-refractivity contribution is 0.281. The number of benzene rings is 2. The molecule has 0 aliphatic carbocycles. The minimum Gasteiger partial charge on any atom is -0.303 e. The molecule has 1 aliphatic rings. The van der Waals surface area contributed by atoms with Crippen LogP contribution in [0.4, 0.5) is 0 Å². The zero-order valence-corrected chi connectivity index (χ0v) is 16.3. The summed E-state index contributed by atoms with van der Waals surface area (Å²) in [6.07, 6.45) is 4.09. The van der Waals surface area contributed by atoms with Gasteiger partial charge in [-0.2, -0.15) is 5.10 Å². The van der Waals surface area contributed by atoms with Crippen LogP contribution < -0.4 is 5.56 Å². The summed E-state index contributed by atoms with van der Waals surface area (Å²) < 4.78 is 1.67. The molecule has 0 radical (unpaired) electrons. The fourth-order valence-corrected chi connectivity index (χ4v) is 4.12. The Hall–Kier alpha value is -2.17. The van der Waals surface area contributed by atoms with Gasteiger partial charge in [-0.25, -0.2) is 4.68 Å². The second-order valence-electron chi connectivity index (χ2n) is 7.39. The third-order valence-corrected chi connectivity index (χ3v) is 5.83. The van der Waals surface area contributed by atoms with Crippen LogP contribution in [-0.2, 0) is 13.0 Å². The van der Waals surface area contributed by atoms with Crippen LogP contribution in [0.15, 0.2) is 53.3 Å². The maximum absolute atomic E-state index is 12.9. The Balaban J connectivity index is 1.68. The lowest BCUT2D eigenvalue weighted by atomic mass is 10.0. The highest BCUT2D eigenvalue weighted by molar-refractivity contribution is 6.30. The van der Waals surface area contributed by atoms with E-state index in [1.165, 1.54) is 12.8 Å². The summed E-state index contributed by atoms with van der Waals surface area (Å²) in [5.74, 6) is 0. The Morgan fingerprint density at radius 1 is 1.11 bits per heavy atom. The summed E-state index contributed by atoms with van der Waals surface area (Å²) in [7, 11) is 2.17. The fraction of sp³-hybridized carbons (Fsp3) is 0.364. The van der Waals surface area contributed by atoms with Crippen molar-refractivity contribution in [1.29, 1.82) is 0 Å². The van der Waals surface area contributed by atoms with Crippen LogP contribution in [0.1, 0.15) is 30.5 Å². The number of likely N-dealkylation sites (tertiary alicyclic amines) is 1. The third-order valence-electron chi connectivity index (χ3n) is 5.57. The molecule has 4 nitrogen and oxygen atoms in total. The second kappa shape index (κ2) is 7.83. The average Bonchev–Trinajstić information content (AvgIpc) is 3.09. The molecule has 140 valence electrons. The van der Waals surface area contributed by atoms with E-state index in [9.17, 15) is 4.79 Å². The molecular formula is C22H24ClN3O. The first-order valence-corrected chi connectivity index (χ1v) is 9.93. The van der Waals surface area contributed by atoms with Gasteiger partial charge in [0.2, 0.25) is 0 Å². The van der Waals surface area contributed by atoms with E-state index >= 15 is 0 Å². The van der Waals surface area contributed by atoms with Gasteiger partial charge >= 0.3 is 0 Å². The number of aromatic nitrogens is 2. The first kappa shape index (κ1) is 18.2. The monoisotopic (exact) mass is 381 g/mol. The molecular weight excluding hydrogens is 358 g/mol. The molecule has 27 heavy (non-hydrogen) atoms. The molecule has 1 atom stereocenters. The SMILES string of the molecule is CN1CCC[C@H]1CCn1nc(Cc2ccc(Cl)cc2)c2ccccc2c1=O. The number of fused-ring (bicyclic) bond motifs is 1. The van der Waals surface area contributed by atoms with Gasteiger partial charge < -0.3 is 4.90 Å². The summed E-state index contributed by atoms with van der Waals surface area (Å²) in [5, 5.41) is 7.16. The van der Waals surface area contributed by atoms with Crippen LogP contribution in [-0.4, -0.2) is 34.3 Å². The third kappa shape index (κ3) is 3.92. The number of nitrogens with zero attached hydrogens (tertiary/aromatic N) is 3. The quantitative estimate of drug-likeness (QED) is 0.667. The summed E-state index contributed by atoms with van der Waals surface area (Å²) >= 11 is 6.01. The summed E-state index contributed by atoms with van der Waals surface area (Å²) in [4.78, 5) is 15.3. The van der Waals surface area contributed by atoms with E-state index in [0.29, 0.717) is 19.0 Å². The van der Waals surface area contributed by atoms with Gasteiger partial charge in [0.05, 0.1) is 11.1 Å². The van der Waals surface area contributed by atoms with E-state index in [-0.39, 0.29) is 5.56 Å². The average molecular weight is 382 g/mol. The molecule has 0 bridgehead atoms. The van der Waals surface area contributed by atoms with Crippen molar-refractivity contribution in [3.63, 3.8) is 0 Å². The van der Waals surface area contributed by atoms with Crippen LogP contribution in [0, 0.1) is 0 Å². The largest absolute Gasteiger partial charge is 0.303 e. The highest BCUT2D eigenvalue weighted by Crippen LogP contribution is 2.20. The molecule has 2 heterocycles. The van der Waals surface area contributed by atoms with Crippen LogP contribution in [0.5, 0.6) is 0 Å². The molecule has 1 fully saturated rings. The van der Waals surface area contributed by atoms with Crippen LogP contribution in [0.25, 0.3) is 10.8 Å². The van der Waals surface area contributed by atoms with Gasteiger partial charge in [0.25, 0.3) is 5.56 Å². The summed E-state index contributed by atoms with van der Waals surface area (Å²) in [6, 6.07) is 16.1. The van der Waals surface area contributed by atoms with E-state index in [1.54, 1.807) is 4.68 Å². The predicted molar refractivity (Wildman–Crippen MR) is 111 cm³/mol. The van der Waals surface area contributed by atoms with Gasteiger partial charge in [0, 0.05) is 29.4 Å². The number of hydrogen-bond acceptors (Lipinski definition) is 3. The van der Waals surface area contributed by atoms with Gasteiger partial charge in [-0.1, -0.05) is 41.9 Å². The number of halogens is 1. The Kier molecular flexibility index (Phi) is 5.28. The Bertz CT molecular complexity index is 997. The van der Waals surface area contributed by atoms with Gasteiger partial charge in [-0.15, -0.1) is 0 Å². The predicted octanol–water partition coefficient (Wildman–Crippen LogP) is 4.13.